The third-order valence-electron chi connectivity index (χ3n) is 4.16. The fourth-order valence-corrected chi connectivity index (χ4v) is 2.73. The summed E-state index contributed by atoms with van der Waals surface area (Å²) < 4.78 is 33.9. The van der Waals surface area contributed by atoms with E-state index in [4.69, 9.17) is 4.74 Å². The first-order valence-corrected chi connectivity index (χ1v) is 7.47. The number of hydrogen-bond acceptors (Lipinski definition) is 6. The summed E-state index contributed by atoms with van der Waals surface area (Å²) in [6, 6.07) is -0.829. The van der Waals surface area contributed by atoms with E-state index >= 15 is 0 Å². The van der Waals surface area contributed by atoms with Crippen LogP contribution in [0.15, 0.2) is 11.8 Å². The van der Waals surface area contributed by atoms with Gasteiger partial charge in [0.05, 0.1) is 12.1 Å². The number of nitrogens with one attached hydrogen (secondary N) is 1. The number of alkyl halides is 2. The van der Waals surface area contributed by atoms with Crippen LogP contribution in [-0.4, -0.2) is 68.9 Å². The van der Waals surface area contributed by atoms with Gasteiger partial charge in [0.25, 0.3) is 0 Å². The highest BCUT2D eigenvalue weighted by Gasteiger charge is 2.62. The van der Waals surface area contributed by atoms with E-state index in [9.17, 15) is 28.9 Å². The van der Waals surface area contributed by atoms with Gasteiger partial charge in [-0.25, -0.2) is 0 Å². The Morgan fingerprint density at radius 2 is 2.09 bits per heavy atom. The molecule has 1 saturated heterocycles. The topological polar surface area (TPSA) is 102 Å². The summed E-state index contributed by atoms with van der Waals surface area (Å²) in [7, 11) is 0. The van der Waals surface area contributed by atoms with Crippen LogP contribution in [0.25, 0.3) is 0 Å². The van der Waals surface area contributed by atoms with E-state index in [-0.39, 0.29) is 12.0 Å². The second-order valence-electron chi connectivity index (χ2n) is 5.94. The van der Waals surface area contributed by atoms with Crippen LogP contribution in [0.4, 0.5) is 8.78 Å². The summed E-state index contributed by atoms with van der Waals surface area (Å²) in [6.45, 7) is 4.37. The van der Waals surface area contributed by atoms with Crippen LogP contribution in [0, 0.1) is 0 Å². The summed E-state index contributed by atoms with van der Waals surface area (Å²) in [5, 5.41) is 32.0. The maximum Gasteiger partial charge on any atom is 0.319 e. The molecule has 132 valence electrons. The highest BCUT2D eigenvalue weighted by atomic mass is 19.3. The first-order valence-electron chi connectivity index (χ1n) is 7.47. The molecule has 1 fully saturated rings. The third kappa shape index (κ3) is 3.06. The molecule has 2 aliphatic rings. The van der Waals surface area contributed by atoms with Gasteiger partial charge in [0, 0.05) is 11.8 Å². The van der Waals surface area contributed by atoms with Gasteiger partial charge in [-0.15, -0.1) is 0 Å². The van der Waals surface area contributed by atoms with Crippen LogP contribution in [0.5, 0.6) is 0 Å². The standard InChI is InChI=1S/C14H22F2N2O5/c1-4-8-5-18(12(22)6(2)17-11(8)21)13-14(15,16)10(20)9(23-13)7(3)19/h5-7,9-10,12-13,19-20,22H,4H2,1-3H3,(H,17,21)/t6?,7-,9+,10+,12?,13+/m0/s1. The number of ether oxygens (including phenoxy) is 1. The Morgan fingerprint density at radius 1 is 1.48 bits per heavy atom. The van der Waals surface area contributed by atoms with Gasteiger partial charge in [-0.3, -0.25) is 4.79 Å². The molecule has 7 nitrogen and oxygen atoms in total. The number of halogens is 2. The smallest absolute Gasteiger partial charge is 0.319 e. The van der Waals surface area contributed by atoms with Crippen LogP contribution >= 0.6 is 0 Å². The molecule has 0 aromatic carbocycles. The van der Waals surface area contributed by atoms with E-state index in [1.165, 1.54) is 13.8 Å². The zero-order valence-corrected chi connectivity index (χ0v) is 13.1. The molecule has 2 heterocycles. The molecule has 4 N–H and O–H groups in total. The van der Waals surface area contributed by atoms with Crippen molar-refractivity contribution in [2.24, 2.45) is 0 Å². The van der Waals surface area contributed by atoms with Gasteiger partial charge in [0.2, 0.25) is 5.91 Å². The van der Waals surface area contributed by atoms with Crippen molar-refractivity contribution in [2.45, 2.75) is 69.9 Å². The van der Waals surface area contributed by atoms with E-state index in [0.29, 0.717) is 0 Å². The van der Waals surface area contributed by atoms with Gasteiger partial charge < -0.3 is 30.3 Å². The fraction of sp³-hybridized carbons (Fsp3) is 0.786. The highest BCUT2D eigenvalue weighted by molar-refractivity contribution is 5.93. The van der Waals surface area contributed by atoms with Crippen molar-refractivity contribution in [2.75, 3.05) is 0 Å². The first-order chi connectivity index (χ1) is 10.6. The van der Waals surface area contributed by atoms with Crippen molar-refractivity contribution < 1.29 is 33.6 Å². The van der Waals surface area contributed by atoms with Crippen molar-refractivity contribution in [3.63, 3.8) is 0 Å². The lowest BCUT2D eigenvalue weighted by molar-refractivity contribution is -0.191. The number of aliphatic hydroxyl groups is 3. The molecule has 0 aromatic rings. The van der Waals surface area contributed by atoms with E-state index < -0.39 is 48.6 Å². The minimum atomic E-state index is -3.73. The van der Waals surface area contributed by atoms with Crippen LogP contribution in [-0.2, 0) is 9.53 Å². The average Bonchev–Trinajstić information content (AvgIpc) is 2.64. The maximum absolute atomic E-state index is 14.4. The summed E-state index contributed by atoms with van der Waals surface area (Å²) >= 11 is 0. The Morgan fingerprint density at radius 3 is 2.57 bits per heavy atom. The van der Waals surface area contributed by atoms with Gasteiger partial charge in [0.1, 0.15) is 12.3 Å². The number of rotatable bonds is 3. The van der Waals surface area contributed by atoms with E-state index in [1.807, 2.05) is 0 Å². The number of amides is 1. The van der Waals surface area contributed by atoms with Crippen LogP contribution < -0.4 is 5.32 Å². The maximum atomic E-state index is 14.4. The third-order valence-corrected chi connectivity index (χ3v) is 4.16. The largest absolute Gasteiger partial charge is 0.391 e. The quantitative estimate of drug-likeness (QED) is 0.555. The van der Waals surface area contributed by atoms with Crippen molar-refractivity contribution in [3.05, 3.63) is 11.8 Å². The van der Waals surface area contributed by atoms with Crippen molar-refractivity contribution in [1.82, 2.24) is 10.2 Å². The van der Waals surface area contributed by atoms with Crippen molar-refractivity contribution >= 4 is 5.91 Å². The first kappa shape index (κ1) is 18.1. The molecule has 0 radical (unpaired) electrons. The predicted molar refractivity (Wildman–Crippen MR) is 75.1 cm³/mol. The molecule has 0 aromatic heterocycles. The van der Waals surface area contributed by atoms with Crippen molar-refractivity contribution in [1.29, 1.82) is 0 Å². The lowest BCUT2D eigenvalue weighted by atomic mass is 10.1. The molecular weight excluding hydrogens is 314 g/mol. The molecular formula is C14H22F2N2O5. The van der Waals surface area contributed by atoms with E-state index in [1.54, 1.807) is 6.92 Å². The highest BCUT2D eigenvalue weighted by Crippen LogP contribution is 2.40. The summed E-state index contributed by atoms with van der Waals surface area (Å²) in [5.41, 5.74) is 0.197. The fourth-order valence-electron chi connectivity index (χ4n) is 2.73. The number of aliphatic hydroxyl groups excluding tert-OH is 3. The molecule has 0 saturated carbocycles. The molecule has 0 bridgehead atoms. The van der Waals surface area contributed by atoms with Gasteiger partial charge in [-0.05, 0) is 20.3 Å². The van der Waals surface area contributed by atoms with Crippen LogP contribution in [0.3, 0.4) is 0 Å². The molecule has 2 unspecified atom stereocenters. The minimum Gasteiger partial charge on any atom is -0.391 e. The second kappa shape index (κ2) is 6.31. The van der Waals surface area contributed by atoms with Crippen LogP contribution in [0.2, 0.25) is 0 Å². The van der Waals surface area contributed by atoms with Gasteiger partial charge in [-0.2, -0.15) is 8.78 Å². The molecule has 0 spiro atoms. The molecule has 23 heavy (non-hydrogen) atoms. The molecule has 0 aliphatic carbocycles. The lowest BCUT2D eigenvalue weighted by Gasteiger charge is -2.35. The normalized spacial score (nSPS) is 38.8. The second-order valence-corrected chi connectivity index (χ2v) is 5.94. The molecule has 6 atom stereocenters. The number of nitrogens with zero attached hydrogens (tertiary/aromatic N) is 1. The average molecular weight is 336 g/mol. The Balaban J connectivity index is 2.40. The summed E-state index contributed by atoms with van der Waals surface area (Å²) in [5.74, 6) is -4.19. The van der Waals surface area contributed by atoms with Gasteiger partial charge in [0.15, 0.2) is 12.3 Å². The monoisotopic (exact) mass is 336 g/mol. The Labute approximate surface area is 132 Å². The predicted octanol–water partition coefficient (Wildman–Crippen LogP) is -0.479. The zero-order valence-electron chi connectivity index (χ0n) is 13.1. The van der Waals surface area contributed by atoms with Crippen molar-refractivity contribution in [3.8, 4) is 0 Å². The molecule has 2 aliphatic heterocycles. The van der Waals surface area contributed by atoms with Gasteiger partial charge >= 0.3 is 5.92 Å². The molecule has 9 heteroatoms. The zero-order chi connectivity index (χ0) is 17.5. The number of carbonyl (C=O) groups is 1. The van der Waals surface area contributed by atoms with Gasteiger partial charge in [-0.1, -0.05) is 6.92 Å². The Kier molecular flexibility index (Phi) is 4.95. The molecule has 2 rings (SSSR count). The number of hydrogen-bond donors (Lipinski definition) is 4. The summed E-state index contributed by atoms with van der Waals surface area (Å²) in [4.78, 5) is 12.8. The molecule has 1 amide bonds. The number of carbonyl (C=O) groups excluding carboxylic acids is 1. The van der Waals surface area contributed by atoms with E-state index in [0.717, 1.165) is 11.1 Å². The Bertz CT molecular complexity index is 500. The minimum absolute atomic E-state index is 0.197. The summed E-state index contributed by atoms with van der Waals surface area (Å²) in [6.07, 6.45) is -7.12. The SMILES string of the molecule is CCC1=CN([C@@H]2O[C@H]([C@H](C)O)[C@@H](O)C2(F)F)C(O)C(C)NC1=O. The lowest BCUT2D eigenvalue weighted by Crippen LogP contribution is -2.55. The van der Waals surface area contributed by atoms with Crippen LogP contribution in [0.1, 0.15) is 27.2 Å². The Hall–Kier alpha value is -1.29. The van der Waals surface area contributed by atoms with E-state index in [2.05, 4.69) is 5.32 Å².